The summed E-state index contributed by atoms with van der Waals surface area (Å²) in [5, 5.41) is 0. The Kier molecular flexibility index (Phi) is 4.88. The molecule has 0 bridgehead atoms. The molecule has 0 radical (unpaired) electrons. The van der Waals surface area contributed by atoms with E-state index in [2.05, 4.69) is 50.7 Å². The first-order valence-corrected chi connectivity index (χ1v) is 6.63. The second-order valence-electron chi connectivity index (χ2n) is 6.27. The average Bonchev–Trinajstić information content (AvgIpc) is 2.27. The normalized spacial score (nSPS) is 17.6. The number of hydrogen-bond acceptors (Lipinski definition) is 3. The third kappa shape index (κ3) is 3.53. The zero-order valence-electron chi connectivity index (χ0n) is 12.5. The van der Waals surface area contributed by atoms with Gasteiger partial charge in [-0.3, -0.25) is 9.88 Å². The Morgan fingerprint density at radius 1 is 1.22 bits per heavy atom. The molecule has 1 aromatic rings. The lowest BCUT2D eigenvalue weighted by Crippen LogP contribution is -2.47. The summed E-state index contributed by atoms with van der Waals surface area (Å²) < 4.78 is 0. The van der Waals surface area contributed by atoms with Crippen LogP contribution in [0.1, 0.15) is 46.4 Å². The molecule has 0 saturated carbocycles. The Labute approximate surface area is 111 Å². The van der Waals surface area contributed by atoms with Crippen LogP contribution in [0.2, 0.25) is 0 Å². The van der Waals surface area contributed by atoms with Crippen LogP contribution in [0.4, 0.5) is 0 Å². The molecule has 3 unspecified atom stereocenters. The van der Waals surface area contributed by atoms with Crippen molar-refractivity contribution in [3.8, 4) is 0 Å². The Bertz CT molecular complexity index is 354. The van der Waals surface area contributed by atoms with E-state index in [-0.39, 0.29) is 17.5 Å². The zero-order chi connectivity index (χ0) is 13.9. The fourth-order valence-electron chi connectivity index (χ4n) is 2.25. The van der Waals surface area contributed by atoms with Gasteiger partial charge in [-0.25, -0.2) is 0 Å². The molecule has 3 heteroatoms. The van der Waals surface area contributed by atoms with Crippen molar-refractivity contribution in [3.05, 3.63) is 30.1 Å². The van der Waals surface area contributed by atoms with Crippen molar-refractivity contribution in [2.75, 3.05) is 7.05 Å². The largest absolute Gasteiger partial charge is 0.326 e. The Morgan fingerprint density at radius 3 is 2.22 bits per heavy atom. The number of pyridine rings is 1. The van der Waals surface area contributed by atoms with Gasteiger partial charge < -0.3 is 5.73 Å². The molecule has 18 heavy (non-hydrogen) atoms. The molecule has 0 aliphatic carbocycles. The lowest BCUT2D eigenvalue weighted by atomic mass is 9.85. The molecule has 3 atom stereocenters. The zero-order valence-corrected chi connectivity index (χ0v) is 12.5. The predicted molar refractivity (Wildman–Crippen MR) is 77.3 cm³/mol. The SMILES string of the molecule is CC(N)C(c1ccccn1)N(C)C(C)C(C)(C)C. The third-order valence-corrected chi connectivity index (χ3v) is 3.79. The Balaban J connectivity index is 3.00. The van der Waals surface area contributed by atoms with Crippen LogP contribution in [0.3, 0.4) is 0 Å². The van der Waals surface area contributed by atoms with E-state index >= 15 is 0 Å². The molecule has 1 aromatic heterocycles. The molecule has 1 rings (SSSR count). The maximum absolute atomic E-state index is 6.17. The standard InChI is InChI=1S/C15H27N3/c1-11(16)14(13-9-7-8-10-17-13)18(6)12(2)15(3,4)5/h7-12,14H,16H2,1-6H3. The van der Waals surface area contributed by atoms with E-state index in [0.717, 1.165) is 5.69 Å². The van der Waals surface area contributed by atoms with Crippen molar-refractivity contribution >= 4 is 0 Å². The van der Waals surface area contributed by atoms with Crippen LogP contribution < -0.4 is 5.73 Å². The lowest BCUT2D eigenvalue weighted by molar-refractivity contribution is 0.0847. The molecule has 0 fully saturated rings. The highest BCUT2D eigenvalue weighted by Crippen LogP contribution is 2.30. The van der Waals surface area contributed by atoms with Gasteiger partial charge in [0, 0.05) is 18.3 Å². The minimum atomic E-state index is 0.0506. The highest BCUT2D eigenvalue weighted by molar-refractivity contribution is 5.11. The molecular weight excluding hydrogens is 222 g/mol. The van der Waals surface area contributed by atoms with Crippen LogP contribution in [0, 0.1) is 5.41 Å². The third-order valence-electron chi connectivity index (χ3n) is 3.79. The molecule has 3 nitrogen and oxygen atoms in total. The molecule has 1 heterocycles. The van der Waals surface area contributed by atoms with E-state index in [4.69, 9.17) is 5.73 Å². The van der Waals surface area contributed by atoms with Crippen LogP contribution >= 0.6 is 0 Å². The van der Waals surface area contributed by atoms with Crippen molar-refractivity contribution in [2.24, 2.45) is 11.1 Å². The number of hydrogen-bond donors (Lipinski definition) is 1. The van der Waals surface area contributed by atoms with Gasteiger partial charge in [0.05, 0.1) is 11.7 Å². The maximum Gasteiger partial charge on any atom is 0.0670 e. The molecule has 0 saturated heterocycles. The lowest BCUT2D eigenvalue weighted by Gasteiger charge is -2.41. The van der Waals surface area contributed by atoms with E-state index < -0.39 is 0 Å². The van der Waals surface area contributed by atoms with Crippen LogP contribution in [-0.2, 0) is 0 Å². The summed E-state index contributed by atoms with van der Waals surface area (Å²) in [6.07, 6.45) is 1.83. The molecule has 0 spiro atoms. The molecule has 0 aromatic carbocycles. The van der Waals surface area contributed by atoms with E-state index in [1.165, 1.54) is 0 Å². The highest BCUT2D eigenvalue weighted by Gasteiger charge is 2.31. The fourth-order valence-corrected chi connectivity index (χ4v) is 2.25. The first-order valence-electron chi connectivity index (χ1n) is 6.63. The van der Waals surface area contributed by atoms with Crippen LogP contribution in [0.25, 0.3) is 0 Å². The summed E-state index contributed by atoms with van der Waals surface area (Å²) in [5.74, 6) is 0. The van der Waals surface area contributed by atoms with Gasteiger partial charge >= 0.3 is 0 Å². The van der Waals surface area contributed by atoms with Crippen LogP contribution in [-0.4, -0.2) is 29.0 Å². The van der Waals surface area contributed by atoms with Crippen molar-refractivity contribution in [1.29, 1.82) is 0 Å². The molecule has 2 N–H and O–H groups in total. The first-order chi connectivity index (χ1) is 8.25. The Hall–Kier alpha value is -0.930. The minimum Gasteiger partial charge on any atom is -0.326 e. The van der Waals surface area contributed by atoms with Crippen LogP contribution in [0.15, 0.2) is 24.4 Å². The number of likely N-dealkylation sites (N-methyl/N-ethyl adjacent to an activating group) is 1. The summed E-state index contributed by atoms with van der Waals surface area (Å²) in [7, 11) is 2.14. The van der Waals surface area contributed by atoms with Gasteiger partial charge in [-0.15, -0.1) is 0 Å². The van der Waals surface area contributed by atoms with E-state index in [1.54, 1.807) is 0 Å². The second-order valence-corrected chi connectivity index (χ2v) is 6.27. The highest BCUT2D eigenvalue weighted by atomic mass is 15.2. The topological polar surface area (TPSA) is 42.1 Å². The Morgan fingerprint density at radius 2 is 1.83 bits per heavy atom. The van der Waals surface area contributed by atoms with Gasteiger partial charge in [-0.2, -0.15) is 0 Å². The van der Waals surface area contributed by atoms with E-state index in [9.17, 15) is 0 Å². The number of nitrogens with two attached hydrogens (primary N) is 1. The summed E-state index contributed by atoms with van der Waals surface area (Å²) in [6.45, 7) is 11.1. The van der Waals surface area contributed by atoms with Crippen molar-refractivity contribution < 1.29 is 0 Å². The van der Waals surface area contributed by atoms with E-state index in [1.807, 2.05) is 25.3 Å². The first kappa shape index (κ1) is 15.1. The van der Waals surface area contributed by atoms with Gasteiger partial charge in [-0.1, -0.05) is 26.8 Å². The number of aromatic nitrogens is 1. The summed E-state index contributed by atoms with van der Waals surface area (Å²) in [4.78, 5) is 6.80. The molecular formula is C15H27N3. The molecule has 0 aliphatic rings. The molecule has 102 valence electrons. The summed E-state index contributed by atoms with van der Waals surface area (Å²) in [6, 6.07) is 6.65. The smallest absolute Gasteiger partial charge is 0.0670 e. The summed E-state index contributed by atoms with van der Waals surface area (Å²) in [5.41, 5.74) is 7.44. The maximum atomic E-state index is 6.17. The quantitative estimate of drug-likeness (QED) is 0.892. The van der Waals surface area contributed by atoms with Gasteiger partial charge in [0.25, 0.3) is 0 Å². The van der Waals surface area contributed by atoms with Crippen LogP contribution in [0.5, 0.6) is 0 Å². The van der Waals surface area contributed by atoms with Crippen molar-refractivity contribution in [1.82, 2.24) is 9.88 Å². The minimum absolute atomic E-state index is 0.0506. The van der Waals surface area contributed by atoms with E-state index in [0.29, 0.717) is 6.04 Å². The molecule has 0 amide bonds. The van der Waals surface area contributed by atoms with Gasteiger partial charge in [-0.05, 0) is 38.4 Å². The average molecular weight is 249 g/mol. The second kappa shape index (κ2) is 5.81. The number of rotatable bonds is 4. The van der Waals surface area contributed by atoms with Crippen molar-refractivity contribution in [3.63, 3.8) is 0 Å². The van der Waals surface area contributed by atoms with Gasteiger partial charge in [0.2, 0.25) is 0 Å². The monoisotopic (exact) mass is 249 g/mol. The van der Waals surface area contributed by atoms with Crippen molar-refractivity contribution in [2.45, 2.75) is 52.7 Å². The predicted octanol–water partition coefficient (Wildman–Crippen LogP) is 2.84. The fraction of sp³-hybridized carbons (Fsp3) is 0.667. The molecule has 0 aliphatic heterocycles. The summed E-state index contributed by atoms with van der Waals surface area (Å²) >= 11 is 0. The van der Waals surface area contributed by atoms with Gasteiger partial charge in [0.1, 0.15) is 0 Å². The number of nitrogens with zero attached hydrogens (tertiary/aromatic N) is 2. The van der Waals surface area contributed by atoms with Gasteiger partial charge in [0.15, 0.2) is 0 Å².